The van der Waals surface area contributed by atoms with Gasteiger partial charge in [-0.3, -0.25) is 0 Å². The van der Waals surface area contributed by atoms with E-state index in [0.717, 1.165) is 23.8 Å². The Morgan fingerprint density at radius 2 is 2.09 bits per heavy atom. The number of piperidine rings is 1. The molecule has 0 aromatic carbocycles. The number of nitrogens with one attached hydrogen (secondary N) is 1. The van der Waals surface area contributed by atoms with Crippen LogP contribution in [0.15, 0.2) is 6.07 Å². The lowest BCUT2D eigenvalue weighted by atomic mass is 10.1. The molecule has 0 spiro atoms. The summed E-state index contributed by atoms with van der Waals surface area (Å²) < 4.78 is 6.36. The number of rotatable bonds is 2. The van der Waals surface area contributed by atoms with Crippen molar-refractivity contribution >= 4 is 29.0 Å². The number of carbonyl (C=O) groups excluding carboxylic acids is 1. The minimum Gasteiger partial charge on any atom is -0.444 e. The quantitative estimate of drug-likeness (QED) is 0.877. The fourth-order valence-electron chi connectivity index (χ4n) is 3.98. The molecule has 1 amide bonds. The number of thiophene rings is 1. The fraction of sp³-hybridized carbons (Fsp3) is 0.706. The third-order valence-electron chi connectivity index (χ3n) is 5.09. The van der Waals surface area contributed by atoms with Crippen LogP contribution in [0.2, 0.25) is 4.34 Å². The van der Waals surface area contributed by atoms with Crippen LogP contribution in [-0.2, 0) is 11.2 Å². The highest BCUT2D eigenvalue weighted by atomic mass is 35.5. The van der Waals surface area contributed by atoms with Gasteiger partial charge in [0.15, 0.2) is 0 Å². The molecule has 23 heavy (non-hydrogen) atoms. The van der Waals surface area contributed by atoms with Crippen molar-refractivity contribution in [2.75, 3.05) is 13.1 Å². The van der Waals surface area contributed by atoms with Gasteiger partial charge in [-0.25, -0.2) is 4.79 Å². The maximum Gasteiger partial charge on any atom is 0.410 e. The zero-order chi connectivity index (χ0) is 16.4. The van der Waals surface area contributed by atoms with Crippen LogP contribution in [-0.4, -0.2) is 35.7 Å². The number of aryl methyl sites for hydroxylation is 1. The molecule has 126 valence electrons. The minimum absolute atomic E-state index is 0.170. The molecular weight excluding hydrogens is 332 g/mol. The first kappa shape index (κ1) is 15.7. The smallest absolute Gasteiger partial charge is 0.410 e. The summed E-state index contributed by atoms with van der Waals surface area (Å²) in [5, 5.41) is 3.80. The maximum atomic E-state index is 12.1. The molecule has 4 nitrogen and oxygen atoms in total. The topological polar surface area (TPSA) is 41.6 Å². The minimum atomic E-state index is -0.417. The molecule has 3 unspecified atom stereocenters. The maximum absolute atomic E-state index is 12.1. The summed E-state index contributed by atoms with van der Waals surface area (Å²) in [6.07, 6.45) is 2.14. The molecule has 2 heterocycles. The summed E-state index contributed by atoms with van der Waals surface area (Å²) in [6, 6.07) is 3.11. The molecule has 2 fully saturated rings. The lowest BCUT2D eigenvalue weighted by Crippen LogP contribution is -2.39. The number of amides is 1. The van der Waals surface area contributed by atoms with Crippen molar-refractivity contribution in [1.29, 1.82) is 0 Å². The van der Waals surface area contributed by atoms with E-state index in [-0.39, 0.29) is 6.09 Å². The number of fused-ring (bicyclic) bond motifs is 2. The van der Waals surface area contributed by atoms with Gasteiger partial charge in [0, 0.05) is 30.1 Å². The van der Waals surface area contributed by atoms with Crippen molar-refractivity contribution in [3.8, 4) is 0 Å². The third kappa shape index (κ3) is 2.99. The van der Waals surface area contributed by atoms with Crippen molar-refractivity contribution in [3.63, 3.8) is 0 Å². The second-order valence-corrected chi connectivity index (χ2v) is 9.69. The van der Waals surface area contributed by atoms with Gasteiger partial charge in [-0.05, 0) is 57.1 Å². The van der Waals surface area contributed by atoms with Gasteiger partial charge >= 0.3 is 6.09 Å². The zero-order valence-electron chi connectivity index (χ0n) is 13.8. The molecule has 1 N–H and O–H groups in total. The summed E-state index contributed by atoms with van der Waals surface area (Å²) in [7, 11) is 0. The summed E-state index contributed by atoms with van der Waals surface area (Å²) in [4.78, 5) is 15.4. The number of ether oxygens (including phenoxy) is 1. The summed E-state index contributed by atoms with van der Waals surface area (Å²) >= 11 is 7.85. The first-order valence-corrected chi connectivity index (χ1v) is 9.53. The van der Waals surface area contributed by atoms with Crippen LogP contribution in [0.25, 0.3) is 0 Å². The van der Waals surface area contributed by atoms with Gasteiger partial charge in [0.25, 0.3) is 0 Å². The van der Waals surface area contributed by atoms with Gasteiger partial charge in [0.05, 0.1) is 4.34 Å². The van der Waals surface area contributed by atoms with E-state index in [9.17, 15) is 4.79 Å². The Morgan fingerprint density at radius 3 is 2.74 bits per heavy atom. The molecule has 2 aliphatic carbocycles. The van der Waals surface area contributed by atoms with Crippen molar-refractivity contribution in [3.05, 3.63) is 20.8 Å². The third-order valence-corrected chi connectivity index (χ3v) is 6.43. The Balaban J connectivity index is 1.31. The fourth-order valence-corrected chi connectivity index (χ4v) is 5.34. The number of nitrogens with zero attached hydrogens (tertiary/aromatic N) is 1. The number of hydrogen-bond acceptors (Lipinski definition) is 4. The van der Waals surface area contributed by atoms with Gasteiger partial charge in [0.2, 0.25) is 0 Å². The lowest BCUT2D eigenvalue weighted by Gasteiger charge is -2.26. The molecule has 3 aliphatic rings. The van der Waals surface area contributed by atoms with Gasteiger partial charge in [0.1, 0.15) is 5.60 Å². The largest absolute Gasteiger partial charge is 0.444 e. The molecule has 0 bridgehead atoms. The second kappa shape index (κ2) is 5.36. The van der Waals surface area contributed by atoms with E-state index in [2.05, 4.69) is 11.4 Å². The van der Waals surface area contributed by atoms with Crippen LogP contribution < -0.4 is 5.32 Å². The highest BCUT2D eigenvalue weighted by Gasteiger charge is 2.57. The molecule has 3 atom stereocenters. The number of halogens is 1. The highest BCUT2D eigenvalue weighted by molar-refractivity contribution is 7.16. The Bertz CT molecular complexity index is 627. The first-order valence-electron chi connectivity index (χ1n) is 8.34. The predicted molar refractivity (Wildman–Crippen MR) is 92.1 cm³/mol. The van der Waals surface area contributed by atoms with Crippen LogP contribution in [0.1, 0.15) is 43.7 Å². The van der Waals surface area contributed by atoms with Gasteiger partial charge in [-0.1, -0.05) is 11.6 Å². The van der Waals surface area contributed by atoms with Gasteiger partial charge in [-0.2, -0.15) is 0 Å². The average molecular weight is 355 g/mol. The Hall–Kier alpha value is -0.780. The molecule has 1 aromatic rings. The predicted octanol–water partition coefficient (Wildman–Crippen LogP) is 3.84. The Kier molecular flexibility index (Phi) is 3.67. The standard InChI is InChI=1S/C17H23ClN2O2S/c1-17(2,3)22-16(21)20-7-10-11(8-20)15(10)19-12-4-5-13-9(12)6-14(18)23-13/h6,10-12,15,19H,4-5,7-8H2,1-3H3. The van der Waals surface area contributed by atoms with E-state index < -0.39 is 5.60 Å². The first-order chi connectivity index (χ1) is 10.8. The Labute approximate surface area is 146 Å². The van der Waals surface area contributed by atoms with E-state index in [0.29, 0.717) is 23.9 Å². The summed E-state index contributed by atoms with van der Waals surface area (Å²) in [5.74, 6) is 1.17. The second-order valence-electron chi connectivity index (χ2n) is 7.93. The molecule has 1 saturated carbocycles. The van der Waals surface area contributed by atoms with Crippen LogP contribution in [0.3, 0.4) is 0 Å². The van der Waals surface area contributed by atoms with Crippen LogP contribution in [0.4, 0.5) is 4.79 Å². The molecule has 1 aromatic heterocycles. The van der Waals surface area contributed by atoms with Crippen molar-refractivity contribution in [2.45, 2.75) is 51.3 Å². The summed E-state index contributed by atoms with van der Waals surface area (Å²) in [5.41, 5.74) is 0.981. The molecule has 1 aliphatic heterocycles. The van der Waals surface area contributed by atoms with Crippen LogP contribution in [0.5, 0.6) is 0 Å². The summed E-state index contributed by atoms with van der Waals surface area (Å²) in [6.45, 7) is 7.38. The Morgan fingerprint density at radius 1 is 1.39 bits per heavy atom. The van der Waals surface area contributed by atoms with Gasteiger partial charge in [-0.15, -0.1) is 11.3 Å². The van der Waals surface area contributed by atoms with Crippen molar-refractivity contribution in [1.82, 2.24) is 10.2 Å². The molecular formula is C17H23ClN2O2S. The van der Waals surface area contributed by atoms with Gasteiger partial charge < -0.3 is 15.0 Å². The number of likely N-dealkylation sites (tertiary alicyclic amines) is 1. The van der Waals surface area contributed by atoms with E-state index in [1.807, 2.05) is 25.7 Å². The molecule has 4 rings (SSSR count). The van der Waals surface area contributed by atoms with Crippen molar-refractivity contribution in [2.24, 2.45) is 11.8 Å². The van der Waals surface area contributed by atoms with Crippen molar-refractivity contribution < 1.29 is 9.53 Å². The number of hydrogen-bond donors (Lipinski definition) is 1. The monoisotopic (exact) mass is 354 g/mol. The average Bonchev–Trinajstić information content (AvgIpc) is 2.85. The van der Waals surface area contributed by atoms with E-state index in [4.69, 9.17) is 16.3 Å². The normalized spacial score (nSPS) is 31.9. The van der Waals surface area contributed by atoms with E-state index >= 15 is 0 Å². The number of carbonyl (C=O) groups is 1. The zero-order valence-corrected chi connectivity index (χ0v) is 15.3. The highest BCUT2D eigenvalue weighted by Crippen LogP contribution is 2.48. The van der Waals surface area contributed by atoms with Crippen LogP contribution in [0, 0.1) is 11.8 Å². The SMILES string of the molecule is CC(C)(C)OC(=O)N1CC2C(C1)C2NC1CCc2sc(Cl)cc21. The van der Waals surface area contributed by atoms with E-state index in [1.54, 1.807) is 11.3 Å². The lowest BCUT2D eigenvalue weighted by molar-refractivity contribution is 0.0268. The molecule has 6 heteroatoms. The van der Waals surface area contributed by atoms with E-state index in [1.165, 1.54) is 16.9 Å². The molecule has 1 saturated heterocycles. The van der Waals surface area contributed by atoms with Crippen LogP contribution >= 0.6 is 22.9 Å². The molecule has 0 radical (unpaired) electrons.